The number of pyridine rings is 1. The number of fused-ring (bicyclic) bond motifs is 2. The Labute approximate surface area is 108 Å². The summed E-state index contributed by atoms with van der Waals surface area (Å²) in [5.74, 6) is -0.198. The lowest BCUT2D eigenvalue weighted by molar-refractivity contribution is 0.191. The first-order chi connectivity index (χ1) is 8.56. The molecule has 2 atom stereocenters. The van der Waals surface area contributed by atoms with Crippen molar-refractivity contribution in [2.75, 3.05) is 18.0 Å². The molecule has 1 aromatic rings. The van der Waals surface area contributed by atoms with Crippen LogP contribution in [0.3, 0.4) is 0 Å². The number of anilines is 1. The molecule has 2 saturated heterocycles. The van der Waals surface area contributed by atoms with Gasteiger partial charge < -0.3 is 4.90 Å². The van der Waals surface area contributed by atoms with Gasteiger partial charge in [0.2, 0.25) is 0 Å². The number of hydrogen-bond acceptors (Lipinski definition) is 3. The van der Waals surface area contributed by atoms with Crippen LogP contribution in [0.15, 0.2) is 12.3 Å². The zero-order chi connectivity index (χ0) is 12.9. The Morgan fingerprint density at radius 1 is 1.33 bits per heavy atom. The number of likely N-dealkylation sites (tertiary alicyclic amines) is 1. The molecular weight excluding hydrogens is 229 g/mol. The predicted octanol–water partition coefficient (Wildman–Crippen LogP) is 2.20. The summed E-state index contributed by atoms with van der Waals surface area (Å²) in [4.78, 5) is 9.00. The molecule has 3 nitrogen and oxygen atoms in total. The molecule has 0 N–H and O–H groups in total. The third-order valence-electron chi connectivity index (χ3n) is 4.29. The molecular formula is C14H20FN3. The molecule has 0 saturated carbocycles. The highest BCUT2D eigenvalue weighted by atomic mass is 19.1. The molecule has 98 valence electrons. The van der Waals surface area contributed by atoms with Gasteiger partial charge in [0, 0.05) is 37.3 Å². The summed E-state index contributed by atoms with van der Waals surface area (Å²) in [6, 6.07) is 3.39. The fourth-order valence-corrected chi connectivity index (χ4v) is 3.30. The van der Waals surface area contributed by atoms with Gasteiger partial charge in [-0.2, -0.15) is 0 Å². The average Bonchev–Trinajstić information content (AvgIpc) is 2.92. The highest BCUT2D eigenvalue weighted by Crippen LogP contribution is 2.35. The smallest absolute Gasteiger partial charge is 0.146 e. The SMILES string of the molecule is Cc1ncc(N2CC3CC2CN3C(C)C)cc1F. The van der Waals surface area contributed by atoms with Gasteiger partial charge in [-0.05, 0) is 27.2 Å². The molecule has 18 heavy (non-hydrogen) atoms. The van der Waals surface area contributed by atoms with Gasteiger partial charge in [-0.3, -0.25) is 9.88 Å². The minimum Gasteiger partial charge on any atom is -0.364 e. The van der Waals surface area contributed by atoms with Crippen LogP contribution in [-0.2, 0) is 0 Å². The molecule has 2 fully saturated rings. The van der Waals surface area contributed by atoms with Crippen LogP contribution in [0, 0.1) is 12.7 Å². The van der Waals surface area contributed by atoms with E-state index in [-0.39, 0.29) is 5.82 Å². The molecule has 0 amide bonds. The van der Waals surface area contributed by atoms with E-state index in [1.807, 2.05) is 0 Å². The highest BCUT2D eigenvalue weighted by molar-refractivity contribution is 5.49. The maximum atomic E-state index is 13.6. The van der Waals surface area contributed by atoms with Crippen molar-refractivity contribution in [3.8, 4) is 0 Å². The van der Waals surface area contributed by atoms with Gasteiger partial charge in [0.1, 0.15) is 5.82 Å². The van der Waals surface area contributed by atoms with E-state index in [1.165, 1.54) is 6.42 Å². The summed E-state index contributed by atoms with van der Waals surface area (Å²) >= 11 is 0. The zero-order valence-electron chi connectivity index (χ0n) is 11.2. The predicted molar refractivity (Wildman–Crippen MR) is 70.3 cm³/mol. The molecule has 0 aromatic carbocycles. The molecule has 2 aliphatic rings. The van der Waals surface area contributed by atoms with Gasteiger partial charge in [-0.15, -0.1) is 0 Å². The van der Waals surface area contributed by atoms with Gasteiger partial charge in [0.25, 0.3) is 0 Å². The molecule has 1 aromatic heterocycles. The molecule has 2 bridgehead atoms. The minimum absolute atomic E-state index is 0.198. The zero-order valence-corrected chi connectivity index (χ0v) is 11.2. The third-order valence-corrected chi connectivity index (χ3v) is 4.29. The van der Waals surface area contributed by atoms with E-state index in [2.05, 4.69) is 28.6 Å². The van der Waals surface area contributed by atoms with Crippen LogP contribution in [0.4, 0.5) is 10.1 Å². The average molecular weight is 249 g/mol. The number of aromatic nitrogens is 1. The molecule has 3 heterocycles. The lowest BCUT2D eigenvalue weighted by Gasteiger charge is -2.37. The summed E-state index contributed by atoms with van der Waals surface area (Å²) in [6.45, 7) is 8.30. The Kier molecular flexibility index (Phi) is 2.77. The second-order valence-electron chi connectivity index (χ2n) is 5.75. The standard InChI is InChI=1S/C14H20FN3/c1-9(2)17-7-13-4-12(17)8-18(13)11-5-14(15)10(3)16-6-11/h5-6,9,12-13H,4,7-8H2,1-3H3. The van der Waals surface area contributed by atoms with Gasteiger partial charge >= 0.3 is 0 Å². The Morgan fingerprint density at radius 2 is 2.11 bits per heavy atom. The van der Waals surface area contributed by atoms with Crippen molar-refractivity contribution in [1.82, 2.24) is 9.88 Å². The van der Waals surface area contributed by atoms with Crippen molar-refractivity contribution in [3.05, 3.63) is 23.8 Å². The third kappa shape index (κ3) is 1.79. The summed E-state index contributed by atoms with van der Waals surface area (Å²) < 4.78 is 13.6. The number of halogens is 1. The first-order valence-corrected chi connectivity index (χ1v) is 6.71. The Hall–Kier alpha value is -1.16. The summed E-state index contributed by atoms with van der Waals surface area (Å²) in [7, 11) is 0. The summed E-state index contributed by atoms with van der Waals surface area (Å²) in [5.41, 5.74) is 1.42. The molecule has 4 heteroatoms. The fourth-order valence-electron chi connectivity index (χ4n) is 3.30. The van der Waals surface area contributed by atoms with Gasteiger partial charge in [-0.25, -0.2) is 4.39 Å². The van der Waals surface area contributed by atoms with Gasteiger partial charge in [0.05, 0.1) is 17.6 Å². The Morgan fingerprint density at radius 3 is 2.67 bits per heavy atom. The Balaban J connectivity index is 1.79. The molecule has 0 spiro atoms. The monoisotopic (exact) mass is 249 g/mol. The van der Waals surface area contributed by atoms with Crippen LogP contribution in [0.25, 0.3) is 0 Å². The molecule has 0 aliphatic carbocycles. The van der Waals surface area contributed by atoms with E-state index in [0.717, 1.165) is 18.8 Å². The van der Waals surface area contributed by atoms with Crippen LogP contribution in [0.5, 0.6) is 0 Å². The van der Waals surface area contributed by atoms with Crippen LogP contribution in [0.2, 0.25) is 0 Å². The Bertz CT molecular complexity index is 460. The van der Waals surface area contributed by atoms with Crippen LogP contribution in [0.1, 0.15) is 26.0 Å². The van der Waals surface area contributed by atoms with E-state index >= 15 is 0 Å². The second kappa shape index (κ2) is 4.19. The molecule has 3 rings (SSSR count). The highest BCUT2D eigenvalue weighted by Gasteiger charge is 2.44. The van der Waals surface area contributed by atoms with Crippen molar-refractivity contribution < 1.29 is 4.39 Å². The van der Waals surface area contributed by atoms with E-state index in [0.29, 0.717) is 23.8 Å². The van der Waals surface area contributed by atoms with Crippen molar-refractivity contribution >= 4 is 5.69 Å². The van der Waals surface area contributed by atoms with Crippen molar-refractivity contribution in [2.24, 2.45) is 0 Å². The molecule has 2 aliphatic heterocycles. The van der Waals surface area contributed by atoms with Crippen molar-refractivity contribution in [3.63, 3.8) is 0 Å². The fraction of sp³-hybridized carbons (Fsp3) is 0.643. The number of aryl methyl sites for hydroxylation is 1. The number of nitrogens with zero attached hydrogens (tertiary/aromatic N) is 3. The number of rotatable bonds is 2. The minimum atomic E-state index is -0.198. The normalized spacial score (nSPS) is 27.5. The van der Waals surface area contributed by atoms with Crippen LogP contribution >= 0.6 is 0 Å². The van der Waals surface area contributed by atoms with E-state index in [4.69, 9.17) is 0 Å². The quantitative estimate of drug-likeness (QED) is 0.801. The first kappa shape index (κ1) is 11.9. The number of hydrogen-bond donors (Lipinski definition) is 0. The summed E-state index contributed by atoms with van der Waals surface area (Å²) in [5, 5.41) is 0. The number of piperazine rings is 1. The van der Waals surface area contributed by atoms with E-state index < -0.39 is 0 Å². The largest absolute Gasteiger partial charge is 0.364 e. The lowest BCUT2D eigenvalue weighted by Crippen LogP contribution is -2.49. The maximum Gasteiger partial charge on any atom is 0.146 e. The van der Waals surface area contributed by atoms with Crippen LogP contribution in [-0.4, -0.2) is 41.1 Å². The van der Waals surface area contributed by atoms with E-state index in [9.17, 15) is 4.39 Å². The van der Waals surface area contributed by atoms with Crippen molar-refractivity contribution in [2.45, 2.75) is 45.3 Å². The first-order valence-electron chi connectivity index (χ1n) is 6.71. The van der Waals surface area contributed by atoms with Gasteiger partial charge in [0.15, 0.2) is 0 Å². The second-order valence-corrected chi connectivity index (χ2v) is 5.75. The van der Waals surface area contributed by atoms with Gasteiger partial charge in [-0.1, -0.05) is 0 Å². The maximum absolute atomic E-state index is 13.6. The lowest BCUT2D eigenvalue weighted by atomic mass is 10.2. The van der Waals surface area contributed by atoms with Crippen molar-refractivity contribution in [1.29, 1.82) is 0 Å². The topological polar surface area (TPSA) is 19.4 Å². The van der Waals surface area contributed by atoms with E-state index in [1.54, 1.807) is 19.2 Å². The van der Waals surface area contributed by atoms with Crippen LogP contribution < -0.4 is 4.90 Å². The molecule has 2 unspecified atom stereocenters. The molecule has 0 radical (unpaired) electrons. The summed E-state index contributed by atoms with van der Waals surface area (Å²) in [6.07, 6.45) is 3.01.